The molecule has 3 nitrogen and oxygen atoms in total. The minimum absolute atomic E-state index is 0.0315. The van der Waals surface area contributed by atoms with Gasteiger partial charge in [-0.15, -0.1) is 11.8 Å². The highest BCUT2D eigenvalue weighted by atomic mass is 32.2. The van der Waals surface area contributed by atoms with Crippen molar-refractivity contribution in [3.8, 4) is 0 Å². The fraction of sp³-hybridized carbons (Fsp3) is 0.263. The third kappa shape index (κ3) is 4.16. The smallest absolute Gasteiger partial charge is 0.230 e. The van der Waals surface area contributed by atoms with E-state index in [1.165, 1.54) is 16.2 Å². The lowest BCUT2D eigenvalue weighted by molar-refractivity contribution is -0.115. The molecule has 0 aliphatic carbocycles. The van der Waals surface area contributed by atoms with Crippen LogP contribution in [0.5, 0.6) is 0 Å². The van der Waals surface area contributed by atoms with E-state index >= 15 is 0 Å². The zero-order chi connectivity index (χ0) is 17.1. The molecule has 0 saturated heterocycles. The number of rotatable bonds is 5. The average molecular weight is 357 g/mol. The van der Waals surface area contributed by atoms with Crippen molar-refractivity contribution in [2.45, 2.75) is 37.3 Å². The minimum Gasteiger partial charge on any atom is -0.302 e. The summed E-state index contributed by atoms with van der Waals surface area (Å²) in [6.45, 7) is 6.38. The van der Waals surface area contributed by atoms with Crippen molar-refractivity contribution < 1.29 is 4.79 Å². The molecule has 24 heavy (non-hydrogen) atoms. The van der Waals surface area contributed by atoms with Gasteiger partial charge in [-0.2, -0.15) is 0 Å². The second-order valence-electron chi connectivity index (χ2n) is 5.98. The van der Waals surface area contributed by atoms with Crippen molar-refractivity contribution in [2.24, 2.45) is 0 Å². The van der Waals surface area contributed by atoms with Gasteiger partial charge in [-0.3, -0.25) is 4.79 Å². The number of fused-ring (bicyclic) bond motifs is 1. The van der Waals surface area contributed by atoms with Crippen molar-refractivity contribution in [1.82, 2.24) is 4.98 Å². The number of nitrogens with one attached hydrogen (secondary N) is 1. The molecule has 0 unspecified atom stereocenters. The first kappa shape index (κ1) is 17.0. The molecule has 0 radical (unpaired) electrons. The van der Waals surface area contributed by atoms with Crippen LogP contribution in [-0.2, 0) is 11.2 Å². The Bertz CT molecular complexity index is 853. The third-order valence-electron chi connectivity index (χ3n) is 3.53. The summed E-state index contributed by atoms with van der Waals surface area (Å²) in [5.74, 6) is -0.0315. The van der Waals surface area contributed by atoms with E-state index in [4.69, 9.17) is 0 Å². The number of anilines is 1. The van der Waals surface area contributed by atoms with E-state index in [1.807, 2.05) is 49.0 Å². The van der Waals surface area contributed by atoms with Crippen LogP contribution < -0.4 is 5.32 Å². The van der Waals surface area contributed by atoms with Crippen LogP contribution in [0.15, 0.2) is 47.4 Å². The van der Waals surface area contributed by atoms with E-state index in [1.54, 1.807) is 0 Å². The summed E-state index contributed by atoms with van der Waals surface area (Å²) in [6.07, 6.45) is 0.363. The van der Waals surface area contributed by atoms with Crippen LogP contribution in [0, 0.1) is 6.92 Å². The standard InChI is InChI=1S/C19H20N2OS2/c1-12(2)23-15-9-7-14(8-10-15)11-17(22)20-19-21-18-13(3)5-4-6-16(18)24-19/h4-10,12H,11H2,1-3H3,(H,20,21,22). The number of thioether (sulfide) groups is 1. The van der Waals surface area contributed by atoms with Crippen LogP contribution in [0.4, 0.5) is 5.13 Å². The molecular weight excluding hydrogens is 336 g/mol. The molecule has 0 fully saturated rings. The Balaban J connectivity index is 1.65. The van der Waals surface area contributed by atoms with Crippen molar-refractivity contribution >= 4 is 44.4 Å². The maximum Gasteiger partial charge on any atom is 0.230 e. The molecule has 3 rings (SSSR count). The molecule has 0 bridgehead atoms. The molecule has 0 spiro atoms. The Morgan fingerprint density at radius 2 is 1.96 bits per heavy atom. The van der Waals surface area contributed by atoms with Gasteiger partial charge in [-0.25, -0.2) is 4.98 Å². The van der Waals surface area contributed by atoms with Crippen molar-refractivity contribution in [3.05, 3.63) is 53.6 Å². The second-order valence-corrected chi connectivity index (χ2v) is 8.66. The zero-order valence-electron chi connectivity index (χ0n) is 14.0. The number of aryl methyl sites for hydroxylation is 1. The van der Waals surface area contributed by atoms with Gasteiger partial charge in [0.15, 0.2) is 5.13 Å². The number of hydrogen-bond donors (Lipinski definition) is 1. The Morgan fingerprint density at radius 1 is 1.21 bits per heavy atom. The summed E-state index contributed by atoms with van der Waals surface area (Å²) >= 11 is 3.34. The summed E-state index contributed by atoms with van der Waals surface area (Å²) < 4.78 is 1.10. The zero-order valence-corrected chi connectivity index (χ0v) is 15.6. The maximum atomic E-state index is 12.3. The predicted octanol–water partition coefficient (Wildman–Crippen LogP) is 5.29. The summed E-state index contributed by atoms with van der Waals surface area (Å²) in [7, 11) is 0. The molecule has 3 aromatic rings. The maximum absolute atomic E-state index is 12.3. The van der Waals surface area contributed by atoms with Gasteiger partial charge in [-0.1, -0.05) is 49.4 Å². The van der Waals surface area contributed by atoms with E-state index in [0.717, 1.165) is 21.3 Å². The highest BCUT2D eigenvalue weighted by molar-refractivity contribution is 7.99. The van der Waals surface area contributed by atoms with Gasteiger partial charge in [-0.05, 0) is 36.2 Å². The van der Waals surface area contributed by atoms with Crippen LogP contribution in [0.1, 0.15) is 25.0 Å². The average Bonchev–Trinajstić information content (AvgIpc) is 2.92. The molecule has 124 valence electrons. The number of amides is 1. The highest BCUT2D eigenvalue weighted by Gasteiger charge is 2.10. The van der Waals surface area contributed by atoms with E-state index in [2.05, 4.69) is 36.3 Å². The number of nitrogens with zero attached hydrogens (tertiary/aromatic N) is 1. The van der Waals surface area contributed by atoms with Gasteiger partial charge in [0.05, 0.1) is 16.6 Å². The lowest BCUT2D eigenvalue weighted by atomic mass is 10.1. The van der Waals surface area contributed by atoms with E-state index in [9.17, 15) is 4.79 Å². The van der Waals surface area contributed by atoms with Gasteiger partial charge in [0.1, 0.15) is 0 Å². The van der Waals surface area contributed by atoms with E-state index in [-0.39, 0.29) is 5.91 Å². The number of para-hydroxylation sites is 1. The third-order valence-corrected chi connectivity index (χ3v) is 5.48. The van der Waals surface area contributed by atoms with E-state index < -0.39 is 0 Å². The van der Waals surface area contributed by atoms with Crippen LogP contribution in [0.25, 0.3) is 10.2 Å². The number of benzene rings is 2. The molecule has 5 heteroatoms. The normalized spacial score (nSPS) is 11.2. The highest BCUT2D eigenvalue weighted by Crippen LogP contribution is 2.28. The van der Waals surface area contributed by atoms with Gasteiger partial charge in [0, 0.05) is 10.1 Å². The Labute approximate surface area is 150 Å². The van der Waals surface area contributed by atoms with Gasteiger partial charge < -0.3 is 5.32 Å². The molecule has 1 heterocycles. The quantitative estimate of drug-likeness (QED) is 0.632. The monoisotopic (exact) mass is 356 g/mol. The number of hydrogen-bond acceptors (Lipinski definition) is 4. The molecule has 0 aliphatic heterocycles. The number of aromatic nitrogens is 1. The van der Waals surface area contributed by atoms with Crippen LogP contribution >= 0.6 is 23.1 Å². The number of carbonyl (C=O) groups is 1. The molecule has 2 aromatic carbocycles. The first-order chi connectivity index (χ1) is 11.5. The van der Waals surface area contributed by atoms with Crippen molar-refractivity contribution in [3.63, 3.8) is 0 Å². The molecule has 0 aliphatic rings. The molecular formula is C19H20N2OS2. The summed E-state index contributed by atoms with van der Waals surface area (Å²) in [4.78, 5) is 18.0. The summed E-state index contributed by atoms with van der Waals surface area (Å²) in [5.41, 5.74) is 3.10. The fourth-order valence-corrected chi connectivity index (χ4v) is 4.24. The topological polar surface area (TPSA) is 42.0 Å². The Hall–Kier alpha value is -1.85. The molecule has 1 N–H and O–H groups in total. The molecule has 1 aromatic heterocycles. The van der Waals surface area contributed by atoms with Gasteiger partial charge in [0.25, 0.3) is 0 Å². The minimum atomic E-state index is -0.0315. The summed E-state index contributed by atoms with van der Waals surface area (Å²) in [5, 5.41) is 4.14. The van der Waals surface area contributed by atoms with E-state index in [0.29, 0.717) is 16.8 Å². The lowest BCUT2D eigenvalue weighted by Crippen LogP contribution is -2.14. The van der Waals surface area contributed by atoms with Crippen molar-refractivity contribution in [1.29, 1.82) is 0 Å². The van der Waals surface area contributed by atoms with Gasteiger partial charge in [0.2, 0.25) is 5.91 Å². The Kier molecular flexibility index (Phi) is 5.21. The van der Waals surface area contributed by atoms with Crippen LogP contribution in [0.3, 0.4) is 0 Å². The van der Waals surface area contributed by atoms with Crippen LogP contribution in [0.2, 0.25) is 0 Å². The number of thiazole rings is 1. The first-order valence-electron chi connectivity index (χ1n) is 7.93. The fourth-order valence-electron chi connectivity index (χ4n) is 2.45. The largest absolute Gasteiger partial charge is 0.302 e. The number of carbonyl (C=O) groups excluding carboxylic acids is 1. The SMILES string of the molecule is Cc1cccc2sc(NC(=O)Cc3ccc(SC(C)C)cc3)nc12. The first-order valence-corrected chi connectivity index (χ1v) is 9.62. The lowest BCUT2D eigenvalue weighted by Gasteiger charge is -2.06. The van der Waals surface area contributed by atoms with Gasteiger partial charge >= 0.3 is 0 Å². The molecule has 1 amide bonds. The molecule has 0 atom stereocenters. The van der Waals surface area contributed by atoms with Crippen LogP contribution in [-0.4, -0.2) is 16.1 Å². The second kappa shape index (κ2) is 7.36. The Morgan fingerprint density at radius 3 is 2.62 bits per heavy atom. The predicted molar refractivity (Wildman–Crippen MR) is 104 cm³/mol. The molecule has 0 saturated carbocycles. The van der Waals surface area contributed by atoms with Crippen molar-refractivity contribution in [2.75, 3.05) is 5.32 Å². The summed E-state index contributed by atoms with van der Waals surface area (Å²) in [6, 6.07) is 14.3.